The monoisotopic (exact) mass is 251 g/mol. The Bertz CT molecular complexity index is 390. The molecule has 0 spiro atoms. The number of anilines is 2. The number of piperazine rings is 1. The third-order valence-electron chi connectivity index (χ3n) is 3.21. The van der Waals surface area contributed by atoms with E-state index in [2.05, 4.69) is 16.8 Å². The van der Waals surface area contributed by atoms with E-state index in [1.54, 1.807) is 0 Å². The molecule has 3 N–H and O–H groups in total. The van der Waals surface area contributed by atoms with Crippen LogP contribution in [0.15, 0.2) is 18.2 Å². The highest BCUT2D eigenvalue weighted by Crippen LogP contribution is 2.27. The van der Waals surface area contributed by atoms with Crippen LogP contribution in [0.3, 0.4) is 0 Å². The van der Waals surface area contributed by atoms with Gasteiger partial charge in [-0.3, -0.25) is 0 Å². The van der Waals surface area contributed by atoms with Crippen LogP contribution in [-0.2, 0) is 0 Å². The number of hydrogen-bond donors (Lipinski definition) is 2. The van der Waals surface area contributed by atoms with E-state index < -0.39 is 0 Å². The zero-order valence-corrected chi connectivity index (χ0v) is 10.8. The van der Waals surface area contributed by atoms with Crippen molar-refractivity contribution in [2.75, 3.05) is 57.1 Å². The number of nitrogens with two attached hydrogens (primary N) is 1. The first-order valence-electron chi connectivity index (χ1n) is 6.27. The average molecular weight is 251 g/mol. The van der Waals surface area contributed by atoms with E-state index in [0.29, 0.717) is 11.4 Å². The minimum Gasteiger partial charge on any atom is -0.489 e. The zero-order valence-electron chi connectivity index (χ0n) is 10.8. The summed E-state index contributed by atoms with van der Waals surface area (Å²) in [5.41, 5.74) is 7.71. The largest absolute Gasteiger partial charge is 0.489 e. The maximum absolute atomic E-state index is 8.72. The molecule has 0 bridgehead atoms. The van der Waals surface area contributed by atoms with Crippen LogP contribution in [0.4, 0.5) is 11.4 Å². The van der Waals surface area contributed by atoms with E-state index in [0.717, 1.165) is 31.9 Å². The number of ether oxygens (including phenoxy) is 1. The van der Waals surface area contributed by atoms with Crippen molar-refractivity contribution in [2.24, 2.45) is 0 Å². The molecule has 0 unspecified atom stereocenters. The molecular weight excluding hydrogens is 230 g/mol. The predicted molar refractivity (Wildman–Crippen MR) is 73.1 cm³/mol. The number of nitrogens with zero attached hydrogens (tertiary/aromatic N) is 2. The molecule has 0 aromatic heterocycles. The summed E-state index contributed by atoms with van der Waals surface area (Å²) in [5.74, 6) is 0.641. The molecule has 1 aromatic rings. The van der Waals surface area contributed by atoms with E-state index in [1.165, 1.54) is 0 Å². The van der Waals surface area contributed by atoms with Crippen molar-refractivity contribution in [1.82, 2.24) is 4.90 Å². The Morgan fingerprint density at radius 2 is 2.00 bits per heavy atom. The molecule has 18 heavy (non-hydrogen) atoms. The third-order valence-corrected chi connectivity index (χ3v) is 3.21. The summed E-state index contributed by atoms with van der Waals surface area (Å²) < 4.78 is 5.34. The van der Waals surface area contributed by atoms with Gasteiger partial charge < -0.3 is 25.4 Å². The number of nitrogen functional groups attached to an aromatic ring is 1. The number of likely N-dealkylation sites (N-methyl/N-ethyl adjacent to an activating group) is 1. The maximum Gasteiger partial charge on any atom is 0.142 e. The smallest absolute Gasteiger partial charge is 0.142 e. The minimum absolute atomic E-state index is 0.000346. The van der Waals surface area contributed by atoms with Crippen LogP contribution in [0.25, 0.3) is 0 Å². The Balaban J connectivity index is 2.04. The normalized spacial score (nSPS) is 16.9. The fourth-order valence-electron chi connectivity index (χ4n) is 2.08. The molecule has 1 aliphatic heterocycles. The Hall–Kier alpha value is -1.46. The average Bonchev–Trinajstić information content (AvgIpc) is 2.38. The Kier molecular flexibility index (Phi) is 4.28. The van der Waals surface area contributed by atoms with Gasteiger partial charge in [-0.25, -0.2) is 0 Å². The number of rotatable bonds is 4. The van der Waals surface area contributed by atoms with Gasteiger partial charge in [0.2, 0.25) is 0 Å². The van der Waals surface area contributed by atoms with Crippen molar-refractivity contribution in [1.29, 1.82) is 0 Å². The highest BCUT2D eigenvalue weighted by Gasteiger charge is 2.15. The first-order valence-corrected chi connectivity index (χ1v) is 6.27. The fourth-order valence-corrected chi connectivity index (χ4v) is 2.08. The summed E-state index contributed by atoms with van der Waals surface area (Å²) >= 11 is 0. The van der Waals surface area contributed by atoms with Crippen LogP contribution >= 0.6 is 0 Å². The van der Waals surface area contributed by atoms with Gasteiger partial charge in [0, 0.05) is 31.9 Å². The minimum atomic E-state index is -0.000346. The SMILES string of the molecule is CN1CCN(c2ccc(OCCO)c(N)c2)CC1. The molecule has 1 heterocycles. The van der Waals surface area contributed by atoms with Crippen LogP contribution in [0, 0.1) is 0 Å². The highest BCUT2D eigenvalue weighted by atomic mass is 16.5. The van der Waals surface area contributed by atoms with Crippen LogP contribution in [-0.4, -0.2) is 56.4 Å². The molecule has 0 atom stereocenters. The predicted octanol–water partition coefficient (Wildman–Crippen LogP) is 0.392. The van der Waals surface area contributed by atoms with Crippen LogP contribution < -0.4 is 15.4 Å². The van der Waals surface area contributed by atoms with Gasteiger partial charge in [0.05, 0.1) is 12.3 Å². The molecule has 100 valence electrons. The lowest BCUT2D eigenvalue weighted by molar-refractivity contribution is 0.202. The van der Waals surface area contributed by atoms with E-state index in [1.807, 2.05) is 18.2 Å². The zero-order chi connectivity index (χ0) is 13.0. The second-order valence-corrected chi connectivity index (χ2v) is 4.58. The number of aliphatic hydroxyl groups excluding tert-OH is 1. The van der Waals surface area contributed by atoms with Gasteiger partial charge in [-0.15, -0.1) is 0 Å². The Labute approximate surface area is 108 Å². The van der Waals surface area contributed by atoms with Crippen molar-refractivity contribution in [3.05, 3.63) is 18.2 Å². The fraction of sp³-hybridized carbons (Fsp3) is 0.538. The van der Waals surface area contributed by atoms with Crippen molar-refractivity contribution in [3.63, 3.8) is 0 Å². The van der Waals surface area contributed by atoms with E-state index in [9.17, 15) is 0 Å². The first-order chi connectivity index (χ1) is 8.70. The van der Waals surface area contributed by atoms with Gasteiger partial charge in [-0.1, -0.05) is 0 Å². The maximum atomic E-state index is 8.72. The van der Waals surface area contributed by atoms with Gasteiger partial charge in [-0.05, 0) is 25.2 Å². The van der Waals surface area contributed by atoms with Gasteiger partial charge in [0.15, 0.2) is 0 Å². The van der Waals surface area contributed by atoms with Crippen LogP contribution in [0.1, 0.15) is 0 Å². The van der Waals surface area contributed by atoms with Gasteiger partial charge >= 0.3 is 0 Å². The number of hydrogen-bond acceptors (Lipinski definition) is 5. The lowest BCUT2D eigenvalue weighted by Crippen LogP contribution is -2.44. The third kappa shape index (κ3) is 3.05. The summed E-state index contributed by atoms with van der Waals surface area (Å²) in [7, 11) is 2.14. The lowest BCUT2D eigenvalue weighted by atomic mass is 10.2. The summed E-state index contributed by atoms with van der Waals surface area (Å²) in [6.07, 6.45) is 0. The standard InChI is InChI=1S/C13H21N3O2/c1-15-4-6-16(7-5-15)11-2-3-13(12(14)10-11)18-9-8-17/h2-3,10,17H,4-9,14H2,1H3. The summed E-state index contributed by atoms with van der Waals surface area (Å²) in [6, 6.07) is 5.84. The molecule has 5 nitrogen and oxygen atoms in total. The Morgan fingerprint density at radius 3 is 2.61 bits per heavy atom. The molecule has 5 heteroatoms. The molecule has 0 aliphatic carbocycles. The molecular formula is C13H21N3O2. The van der Waals surface area contributed by atoms with Crippen molar-refractivity contribution in [3.8, 4) is 5.75 Å². The van der Waals surface area contributed by atoms with Crippen molar-refractivity contribution >= 4 is 11.4 Å². The highest BCUT2D eigenvalue weighted by molar-refractivity contribution is 5.63. The van der Waals surface area contributed by atoms with E-state index in [4.69, 9.17) is 15.6 Å². The molecule has 0 amide bonds. The molecule has 1 fully saturated rings. The number of aliphatic hydroxyl groups is 1. The number of benzene rings is 1. The quantitative estimate of drug-likeness (QED) is 0.758. The molecule has 0 radical (unpaired) electrons. The van der Waals surface area contributed by atoms with Gasteiger partial charge in [0.25, 0.3) is 0 Å². The Morgan fingerprint density at radius 1 is 1.28 bits per heavy atom. The summed E-state index contributed by atoms with van der Waals surface area (Å²) in [6.45, 7) is 4.46. The molecule has 2 rings (SSSR count). The van der Waals surface area contributed by atoms with E-state index in [-0.39, 0.29) is 13.2 Å². The van der Waals surface area contributed by atoms with Gasteiger partial charge in [0.1, 0.15) is 12.4 Å². The second kappa shape index (κ2) is 5.93. The second-order valence-electron chi connectivity index (χ2n) is 4.58. The molecule has 1 aliphatic rings. The molecule has 0 saturated carbocycles. The van der Waals surface area contributed by atoms with Crippen molar-refractivity contribution < 1.29 is 9.84 Å². The van der Waals surface area contributed by atoms with Crippen LogP contribution in [0.2, 0.25) is 0 Å². The lowest BCUT2D eigenvalue weighted by Gasteiger charge is -2.34. The topological polar surface area (TPSA) is 62.0 Å². The first kappa shape index (κ1) is 13.0. The van der Waals surface area contributed by atoms with Gasteiger partial charge in [-0.2, -0.15) is 0 Å². The molecule has 1 saturated heterocycles. The molecule has 1 aromatic carbocycles. The summed E-state index contributed by atoms with van der Waals surface area (Å²) in [5, 5.41) is 8.72. The van der Waals surface area contributed by atoms with Crippen LogP contribution in [0.5, 0.6) is 5.75 Å². The van der Waals surface area contributed by atoms with E-state index >= 15 is 0 Å². The summed E-state index contributed by atoms with van der Waals surface area (Å²) in [4.78, 5) is 4.64. The van der Waals surface area contributed by atoms with Crippen molar-refractivity contribution in [2.45, 2.75) is 0 Å².